The zero-order valence-corrected chi connectivity index (χ0v) is 14.3. The van der Waals surface area contributed by atoms with Gasteiger partial charge in [0.25, 0.3) is 0 Å². The van der Waals surface area contributed by atoms with Crippen molar-refractivity contribution < 1.29 is 9.31 Å². The zero-order valence-electron chi connectivity index (χ0n) is 14.3. The summed E-state index contributed by atoms with van der Waals surface area (Å²) in [7, 11) is 0. The summed E-state index contributed by atoms with van der Waals surface area (Å²) in [5.74, 6) is 5.70. The van der Waals surface area contributed by atoms with E-state index in [-0.39, 0.29) is 5.69 Å². The maximum atomic E-state index is 13.0. The van der Waals surface area contributed by atoms with Crippen LogP contribution in [0.2, 0.25) is 0 Å². The molecule has 0 unspecified atom stereocenters. The summed E-state index contributed by atoms with van der Waals surface area (Å²) in [6.45, 7) is 3.11. The second-order valence-electron chi connectivity index (χ2n) is 5.98. The van der Waals surface area contributed by atoms with Gasteiger partial charge in [0.05, 0.1) is 4.92 Å². The van der Waals surface area contributed by atoms with Crippen LogP contribution in [0.4, 0.5) is 15.9 Å². The zero-order chi connectivity index (χ0) is 18.5. The summed E-state index contributed by atoms with van der Waals surface area (Å²) in [4.78, 5) is 20.6. The molecule has 6 nitrogen and oxygen atoms in total. The van der Waals surface area contributed by atoms with Crippen LogP contribution in [0.3, 0.4) is 0 Å². The lowest BCUT2D eigenvalue weighted by atomic mass is 10.0. The quantitative estimate of drug-likeness (QED) is 0.358. The summed E-state index contributed by atoms with van der Waals surface area (Å²) < 4.78 is 13.0. The number of aryl methyl sites for hydroxylation is 1. The molecule has 3 rings (SSSR count). The van der Waals surface area contributed by atoms with Crippen molar-refractivity contribution in [1.29, 1.82) is 0 Å². The Hall–Kier alpha value is -3.27. The van der Waals surface area contributed by atoms with Crippen molar-refractivity contribution in [3.05, 3.63) is 69.4 Å². The fraction of sp³-hybridized carbons (Fsp3) is 0.263. The highest BCUT2D eigenvalue weighted by Gasteiger charge is 2.23. The van der Waals surface area contributed by atoms with Gasteiger partial charge in [0, 0.05) is 42.7 Å². The van der Waals surface area contributed by atoms with Crippen molar-refractivity contribution in [2.24, 2.45) is 0 Å². The Balaban J connectivity index is 1.68. The monoisotopic (exact) mass is 352 g/mol. The molecule has 2 aromatic rings. The van der Waals surface area contributed by atoms with E-state index in [4.69, 9.17) is 0 Å². The van der Waals surface area contributed by atoms with E-state index in [1.54, 1.807) is 12.1 Å². The van der Waals surface area contributed by atoms with E-state index in [9.17, 15) is 14.5 Å². The fourth-order valence-electron chi connectivity index (χ4n) is 2.76. The van der Waals surface area contributed by atoms with Gasteiger partial charge in [-0.05, 0) is 38.0 Å². The highest BCUT2D eigenvalue weighted by atomic mass is 19.1. The molecule has 0 amide bonds. The van der Waals surface area contributed by atoms with Gasteiger partial charge >= 0.3 is 5.69 Å². The first kappa shape index (κ1) is 17.5. The summed E-state index contributed by atoms with van der Waals surface area (Å²) >= 11 is 0. The average molecular weight is 352 g/mol. The minimum absolute atomic E-state index is 0.0301. The van der Waals surface area contributed by atoms with Crippen LogP contribution in [0, 0.1) is 34.8 Å². The molecule has 0 aromatic carbocycles. The molecule has 1 aliphatic heterocycles. The number of piperidine rings is 1. The molecular weight excluding hydrogens is 335 g/mol. The number of nitro groups is 1. The maximum absolute atomic E-state index is 13.0. The van der Waals surface area contributed by atoms with Gasteiger partial charge in [-0.3, -0.25) is 10.1 Å². The molecule has 0 saturated carbocycles. The number of rotatable bonds is 2. The van der Waals surface area contributed by atoms with Crippen LogP contribution in [-0.4, -0.2) is 28.0 Å². The van der Waals surface area contributed by atoms with Crippen LogP contribution >= 0.6 is 0 Å². The maximum Gasteiger partial charge on any atom is 0.311 e. The molecule has 0 bridgehead atoms. The third-order valence-corrected chi connectivity index (χ3v) is 4.12. The van der Waals surface area contributed by atoms with Crippen molar-refractivity contribution in [3.8, 4) is 11.8 Å². The predicted molar refractivity (Wildman–Crippen MR) is 96.2 cm³/mol. The largest absolute Gasteiger partial charge is 0.350 e. The number of hydrogen-bond donors (Lipinski definition) is 0. The van der Waals surface area contributed by atoms with Gasteiger partial charge in [0.1, 0.15) is 0 Å². The smallest absolute Gasteiger partial charge is 0.311 e. The molecule has 0 N–H and O–H groups in total. The lowest BCUT2D eigenvalue weighted by molar-refractivity contribution is -0.384. The predicted octanol–water partition coefficient (Wildman–Crippen LogP) is 3.41. The number of halogens is 1. The molecule has 1 aliphatic rings. The Labute approximate surface area is 150 Å². The molecule has 26 heavy (non-hydrogen) atoms. The van der Waals surface area contributed by atoms with E-state index >= 15 is 0 Å². The first-order valence-electron chi connectivity index (χ1n) is 8.21. The van der Waals surface area contributed by atoms with Crippen molar-refractivity contribution >= 4 is 11.5 Å². The van der Waals surface area contributed by atoms with Gasteiger partial charge in [0.15, 0.2) is 0 Å². The molecule has 2 aromatic heterocycles. The second kappa shape index (κ2) is 7.74. The van der Waals surface area contributed by atoms with E-state index in [0.717, 1.165) is 18.5 Å². The Kier molecular flexibility index (Phi) is 5.23. The highest BCUT2D eigenvalue weighted by Crippen LogP contribution is 2.29. The molecule has 0 atom stereocenters. The van der Waals surface area contributed by atoms with E-state index in [1.807, 2.05) is 17.9 Å². The Morgan fingerprint density at radius 2 is 2.08 bits per heavy atom. The van der Waals surface area contributed by atoms with Crippen molar-refractivity contribution in [3.63, 3.8) is 0 Å². The lowest BCUT2D eigenvalue weighted by Crippen LogP contribution is -2.32. The van der Waals surface area contributed by atoms with Gasteiger partial charge in [-0.1, -0.05) is 17.4 Å². The Morgan fingerprint density at radius 1 is 1.31 bits per heavy atom. The van der Waals surface area contributed by atoms with E-state index in [2.05, 4.69) is 21.8 Å². The summed E-state index contributed by atoms with van der Waals surface area (Å²) in [5, 5.41) is 11.2. The number of hydrogen-bond acceptors (Lipinski definition) is 5. The van der Waals surface area contributed by atoms with Crippen LogP contribution in [0.15, 0.2) is 42.1 Å². The average Bonchev–Trinajstić information content (AvgIpc) is 2.62. The SMILES string of the molecule is Cc1ccc([N+](=O)[O-])c(N2CCC(=CC#Cc3ccnc(F)c3)CC2)n1. The van der Waals surface area contributed by atoms with Crippen LogP contribution in [-0.2, 0) is 0 Å². The van der Waals surface area contributed by atoms with Crippen molar-refractivity contribution in [1.82, 2.24) is 9.97 Å². The van der Waals surface area contributed by atoms with Gasteiger partial charge in [-0.2, -0.15) is 4.39 Å². The number of aromatic nitrogens is 2. The number of allylic oxidation sites excluding steroid dienone is 1. The number of anilines is 1. The standard InChI is InChI=1S/C19H17FN4O2/c1-14-5-6-17(24(25)26)19(22-14)23-11-8-15(9-12-23)3-2-4-16-7-10-21-18(20)13-16/h3,5-7,10,13H,8-9,11-12H2,1H3. The Bertz CT molecular complexity index is 921. The molecule has 1 fully saturated rings. The normalized spacial score (nSPS) is 13.8. The molecule has 0 spiro atoms. The third kappa shape index (κ3) is 4.22. The number of pyridine rings is 2. The molecule has 7 heteroatoms. The van der Waals surface area contributed by atoms with E-state index in [0.29, 0.717) is 24.5 Å². The van der Waals surface area contributed by atoms with Crippen molar-refractivity contribution in [2.45, 2.75) is 19.8 Å². The first-order chi connectivity index (χ1) is 12.5. The summed E-state index contributed by atoms with van der Waals surface area (Å²) in [6, 6.07) is 6.09. The molecule has 0 radical (unpaired) electrons. The van der Waals surface area contributed by atoms with Crippen LogP contribution < -0.4 is 4.90 Å². The topological polar surface area (TPSA) is 72.2 Å². The summed E-state index contributed by atoms with van der Waals surface area (Å²) in [6.07, 6.45) is 4.73. The Morgan fingerprint density at radius 3 is 2.77 bits per heavy atom. The second-order valence-corrected chi connectivity index (χ2v) is 5.98. The highest BCUT2D eigenvalue weighted by molar-refractivity contribution is 5.58. The van der Waals surface area contributed by atoms with Crippen LogP contribution in [0.5, 0.6) is 0 Å². The minimum Gasteiger partial charge on any atom is -0.350 e. The van der Waals surface area contributed by atoms with Crippen LogP contribution in [0.1, 0.15) is 24.1 Å². The lowest BCUT2D eigenvalue weighted by Gasteiger charge is -2.28. The van der Waals surface area contributed by atoms with Crippen LogP contribution in [0.25, 0.3) is 0 Å². The van der Waals surface area contributed by atoms with Gasteiger partial charge < -0.3 is 4.90 Å². The van der Waals surface area contributed by atoms with E-state index in [1.165, 1.54) is 23.9 Å². The van der Waals surface area contributed by atoms with Gasteiger partial charge in [-0.25, -0.2) is 9.97 Å². The van der Waals surface area contributed by atoms with Gasteiger partial charge in [0.2, 0.25) is 11.8 Å². The first-order valence-corrected chi connectivity index (χ1v) is 8.21. The van der Waals surface area contributed by atoms with Crippen molar-refractivity contribution in [2.75, 3.05) is 18.0 Å². The fourth-order valence-corrected chi connectivity index (χ4v) is 2.76. The molecule has 1 saturated heterocycles. The van der Waals surface area contributed by atoms with Gasteiger partial charge in [-0.15, -0.1) is 0 Å². The number of nitrogens with zero attached hydrogens (tertiary/aromatic N) is 4. The molecule has 132 valence electrons. The molecule has 0 aliphatic carbocycles. The van der Waals surface area contributed by atoms with E-state index < -0.39 is 10.9 Å². The minimum atomic E-state index is -0.551. The third-order valence-electron chi connectivity index (χ3n) is 4.12. The summed E-state index contributed by atoms with van der Waals surface area (Å²) in [5.41, 5.74) is 2.52. The molecule has 3 heterocycles. The molecular formula is C19H17FN4O2.